The van der Waals surface area contributed by atoms with E-state index in [0.29, 0.717) is 141 Å². The number of hydrogen-bond acceptors (Lipinski definition) is 31. The van der Waals surface area contributed by atoms with Crippen LogP contribution < -0.4 is 33.5 Å². The van der Waals surface area contributed by atoms with Crippen molar-refractivity contribution in [2.45, 2.75) is 287 Å². The number of nitrogens with one attached hydrogen (secondary N) is 8. The quantitative estimate of drug-likeness (QED) is 0.0133. The fourth-order valence-corrected chi connectivity index (χ4v) is 19.2. The Morgan fingerprint density at radius 3 is 1.12 bits per heavy atom. The molecule has 0 aliphatic carbocycles. The van der Waals surface area contributed by atoms with Crippen molar-refractivity contribution in [1.82, 2.24) is 126 Å². The normalized spacial score (nSPS) is 17.9. The van der Waals surface area contributed by atoms with E-state index < -0.39 is 23.2 Å². The van der Waals surface area contributed by atoms with Crippen LogP contribution in [0.1, 0.15) is 297 Å². The molecule has 7 fully saturated rings. The van der Waals surface area contributed by atoms with Gasteiger partial charge in [0.25, 0.3) is 46.8 Å². The molecule has 0 unspecified atom stereocenters. The Morgan fingerprint density at radius 2 is 0.785 bits per heavy atom. The predicted molar refractivity (Wildman–Crippen MR) is 549 cm³/mol. The summed E-state index contributed by atoms with van der Waals surface area (Å²) in [5.74, 6) is 1.71. The van der Waals surface area contributed by atoms with Crippen molar-refractivity contribution in [1.29, 1.82) is 0 Å². The molecule has 0 bridgehead atoms. The summed E-state index contributed by atoms with van der Waals surface area (Å²) in [4.78, 5) is 176. The van der Waals surface area contributed by atoms with Gasteiger partial charge >= 0.3 is 23.2 Å². The second kappa shape index (κ2) is 62.5. The zero-order chi connectivity index (χ0) is 105. The molecule has 43 nitrogen and oxygen atoms in total. The zero-order valence-electron chi connectivity index (χ0n) is 89.4. The van der Waals surface area contributed by atoms with Crippen molar-refractivity contribution in [3.8, 4) is 0 Å². The molecule has 6 amide bonds. The first kappa shape index (κ1) is 119. The van der Waals surface area contributed by atoms with E-state index in [9.17, 15) is 57.5 Å². The van der Waals surface area contributed by atoms with Crippen LogP contribution in [0.25, 0.3) is 0 Å². The van der Waals surface area contributed by atoms with Crippen LogP contribution in [0.4, 0.5) is 0 Å². The van der Waals surface area contributed by atoms with Gasteiger partial charge in [-0.3, -0.25) is 58.2 Å². The Hall–Kier alpha value is -10.4. The molecule has 14 rings (SSSR count). The summed E-state index contributed by atoms with van der Waals surface area (Å²) in [5.41, 5.74) is 0.321. The number of aryl methyl sites for hydroxylation is 1. The Balaban J connectivity index is 0.000000205. The molecule has 43 heteroatoms. The Kier molecular flexibility index (Phi) is 51.6. The number of oxime groups is 1. The van der Waals surface area contributed by atoms with Crippen LogP contribution in [0.5, 0.6) is 0 Å². The number of piperidine rings is 6. The highest BCUT2D eigenvalue weighted by atomic mass is 16.7. The van der Waals surface area contributed by atoms with Gasteiger partial charge in [0.15, 0.2) is 11.4 Å². The van der Waals surface area contributed by atoms with Gasteiger partial charge in [-0.2, -0.15) is 25.8 Å². The largest absolute Gasteiger partial charge is 0.416 e. The molecule has 808 valence electrons. The number of tetrazole rings is 1. The molecule has 0 radical (unpaired) electrons. The van der Waals surface area contributed by atoms with Gasteiger partial charge in [0.2, 0.25) is 17.3 Å². The molecule has 8 N–H and O–H groups in total. The minimum absolute atomic E-state index is 0.00402. The summed E-state index contributed by atoms with van der Waals surface area (Å²) < 4.78 is 19.2. The molecule has 14 heterocycles. The number of rotatable bonds is 38. The van der Waals surface area contributed by atoms with Gasteiger partial charge in [-0.25, -0.2) is 19.2 Å². The fraction of sp³-hybridized carbons (Fsp3) is 0.762. The predicted octanol–water partition coefficient (Wildman–Crippen LogP) is 8.67. The lowest BCUT2D eigenvalue weighted by Gasteiger charge is -2.36. The van der Waals surface area contributed by atoms with E-state index in [2.05, 4.69) is 213 Å². The number of piperazine rings is 1. The van der Waals surface area contributed by atoms with Crippen molar-refractivity contribution in [2.75, 3.05) is 179 Å². The average Bonchev–Trinajstić information content (AvgIpc) is 1.73. The maximum absolute atomic E-state index is 12.1. The van der Waals surface area contributed by atoms with E-state index in [4.69, 9.17) is 17.8 Å². The topological polar surface area (TPSA) is 501 Å². The van der Waals surface area contributed by atoms with Gasteiger partial charge < -0.3 is 87.1 Å². The van der Waals surface area contributed by atoms with Gasteiger partial charge in [0, 0.05) is 161 Å². The molecule has 0 spiro atoms. The minimum Gasteiger partial charge on any atom is -0.403 e. The number of likely N-dealkylation sites (tertiary alicyclic amines) is 6. The summed E-state index contributed by atoms with van der Waals surface area (Å²) in [6.07, 6.45) is 28.4. The maximum Gasteiger partial charge on any atom is 0.416 e. The highest BCUT2D eigenvalue weighted by Gasteiger charge is 2.32. The number of H-pyrrole nitrogens is 6. The molecule has 0 atom stereocenters. The molecule has 6 aromatic heterocycles. The smallest absolute Gasteiger partial charge is 0.403 e. The summed E-state index contributed by atoms with van der Waals surface area (Å²) in [7, 11) is 7.05. The van der Waals surface area contributed by atoms with Crippen LogP contribution in [0.3, 0.4) is 0 Å². The standard InChI is InChI=1S/C16H26N2O3.3C15H25N3O3.C14H23N3O3.2C13H24N6O/c1-12(2)18-9-7-13(8-10-18)3-4-14(19)5-6-15-11-16(20)17-21-15;2*1-11(2)18-8-5-12(6-9-18)4-7-17(3)14(19)13-10-16-15(20)21-13;1-11(2)18-8-5-12(6-9-18)4-7-17(3)15(20)13-10-14(19)21-16-13;1-10(2)17-7-4-11(5-8-17)3-6-15-13(18)12-9-16-14(19)20-12;1-10(2)19-8-5-11(6-9-19)4-7-18(3)13(20)12-14-16-17-15-12;1-11(2)19-8-6-18(7-9-19)5-3-4-14-13(20)12-10-15-17-16-12/h11-13H,3-10H2,1-2H3,(H,17,20);2*10-12H,4-9H2,1-3H3,(H,16,20);11-12H,4-10H2,1-3H3;9-11H,3-8H2,1-2H3,(H,15,18)(H,16,19);10-11H,4-9H2,1-3H3,(H,14,15,16,17);10-11H,3-9H2,1-2H3,(H,14,20)(H,15,16,17). The number of oxazole rings is 3. The lowest BCUT2D eigenvalue weighted by atomic mass is 9.90. The highest BCUT2D eigenvalue weighted by molar-refractivity contribution is 6.42. The number of amides is 6. The van der Waals surface area contributed by atoms with Crippen LogP contribution in [-0.2, 0) is 25.6 Å². The molecule has 6 aromatic rings. The van der Waals surface area contributed by atoms with Crippen molar-refractivity contribution < 1.29 is 61.0 Å². The second-order valence-corrected chi connectivity index (χ2v) is 41.8. The summed E-state index contributed by atoms with van der Waals surface area (Å²) in [6, 6.07) is 5.79. The molecule has 0 aromatic carbocycles. The number of hydrogen-bond donors (Lipinski definition) is 8. The lowest BCUT2D eigenvalue weighted by molar-refractivity contribution is -0.140. The molecule has 8 aliphatic rings. The van der Waals surface area contributed by atoms with Gasteiger partial charge in [-0.1, -0.05) is 5.16 Å². The van der Waals surface area contributed by atoms with Crippen LogP contribution in [-0.4, -0.2) is 389 Å². The van der Waals surface area contributed by atoms with Gasteiger partial charge in [0.05, 0.1) is 31.2 Å². The first-order valence-electron chi connectivity index (χ1n) is 52.9. The van der Waals surface area contributed by atoms with E-state index in [0.717, 1.165) is 150 Å². The van der Waals surface area contributed by atoms with E-state index >= 15 is 0 Å². The van der Waals surface area contributed by atoms with Gasteiger partial charge in [-0.15, -0.1) is 10.2 Å². The monoisotopic (exact) mass is 2020 g/mol. The minimum atomic E-state index is -0.601. The first-order valence-corrected chi connectivity index (χ1v) is 52.9. The van der Waals surface area contributed by atoms with Crippen molar-refractivity contribution in [2.24, 2.45) is 40.7 Å². The van der Waals surface area contributed by atoms with Crippen LogP contribution in [0, 0.1) is 35.5 Å². The molecule has 8 aliphatic heterocycles. The molecule has 144 heavy (non-hydrogen) atoms. The number of aromatic amines is 6. The van der Waals surface area contributed by atoms with Crippen molar-refractivity contribution >= 4 is 52.9 Å². The molecule has 7 saturated heterocycles. The van der Waals surface area contributed by atoms with E-state index in [-0.39, 0.29) is 82.0 Å². The van der Waals surface area contributed by atoms with Crippen molar-refractivity contribution in [3.05, 3.63) is 107 Å². The maximum atomic E-state index is 12.1. The summed E-state index contributed by atoms with van der Waals surface area (Å²) in [6.45, 7) is 54.8. The molecular weight excluding hydrogens is 1850 g/mol. The SMILES string of the molecule is CC(C)N1CCC(CCC(=O)CCc2cc(=O)[nH]o2)CC1.CC(C)N1CCC(CCN(C)C(=O)C2=NOC(=O)C2)CC1.CC(C)N1CCC(CCN(C)C(=O)c2c[nH]c(=O)o2)CC1.CC(C)N1CCC(CCN(C)C(=O)c2c[nH]c(=O)o2)CC1.CC(C)N1CCC(CCN(C)C(=O)c2nn[nH]n2)CC1.CC(C)N1CCC(CCNC(=O)c2c[nH]c(=O)o2)CC1.CC(C)N1CCN(CCCNC(=O)c2cn[nH]n2)CC1. The van der Waals surface area contributed by atoms with Crippen molar-refractivity contribution in [3.63, 3.8) is 0 Å². The van der Waals surface area contributed by atoms with Gasteiger partial charge in [-0.05, 0) is 345 Å². The highest BCUT2D eigenvalue weighted by Crippen LogP contribution is 2.29. The third-order valence-electron chi connectivity index (χ3n) is 29.3. The first-order chi connectivity index (χ1) is 68.7. The van der Waals surface area contributed by atoms with Gasteiger partial charge in [0.1, 0.15) is 11.5 Å². The lowest BCUT2D eigenvalue weighted by Crippen LogP contribution is -2.49. The Labute approximate surface area is 849 Å². The fourth-order valence-electron chi connectivity index (χ4n) is 19.2. The molecular formula is C101H172N26O17. The number of carbonyl (C=O) groups excluding carboxylic acids is 8. The van der Waals surface area contributed by atoms with Crippen LogP contribution in [0.2, 0.25) is 0 Å². The van der Waals surface area contributed by atoms with Crippen LogP contribution >= 0.6 is 0 Å². The number of aromatic nitrogens is 11. The van der Waals surface area contributed by atoms with Crippen LogP contribution in [0.15, 0.2) is 73.0 Å². The number of ketones is 1. The number of carbonyl (C=O) groups is 8. The van der Waals surface area contributed by atoms with E-state index in [1.165, 1.54) is 121 Å². The zero-order valence-corrected chi connectivity index (χ0v) is 89.4. The second-order valence-electron chi connectivity index (χ2n) is 41.8. The summed E-state index contributed by atoms with van der Waals surface area (Å²) >= 11 is 0. The Bertz CT molecular complexity index is 4860. The van der Waals surface area contributed by atoms with E-state index in [1.807, 2.05) is 0 Å². The average molecular weight is 2020 g/mol. The third kappa shape index (κ3) is 42.6. The summed E-state index contributed by atoms with van der Waals surface area (Å²) in [5, 5.41) is 34.4. The third-order valence-corrected chi connectivity index (χ3v) is 29.3. The number of Topliss-reactive ketones (excluding diaryl/α,β-unsaturated/α-hetero) is 1. The Morgan fingerprint density at radius 1 is 0.417 bits per heavy atom. The number of nitrogens with zero attached hydrogens (tertiary/aromatic N) is 18. The van der Waals surface area contributed by atoms with E-state index in [1.54, 1.807) is 47.8 Å². The molecule has 0 saturated carbocycles.